The summed E-state index contributed by atoms with van der Waals surface area (Å²) >= 11 is 0. The average Bonchev–Trinajstić information content (AvgIpc) is 2.10. The van der Waals surface area contributed by atoms with E-state index in [9.17, 15) is 19.1 Å². The highest BCUT2D eigenvalue weighted by Crippen LogP contribution is 2.24. The van der Waals surface area contributed by atoms with Gasteiger partial charge in [-0.2, -0.15) is 0 Å². The molecule has 0 amide bonds. The molecule has 9 heteroatoms. The molecule has 0 fully saturated rings. The molecule has 0 spiro atoms. The van der Waals surface area contributed by atoms with Gasteiger partial charge in [0, 0.05) is 0 Å². The first kappa shape index (κ1) is 14.7. The van der Waals surface area contributed by atoms with Crippen molar-refractivity contribution >= 4 is 13.6 Å². The van der Waals surface area contributed by atoms with Crippen molar-refractivity contribution in [3.05, 3.63) is 0 Å². The first-order valence-electron chi connectivity index (χ1n) is 3.88. The molecule has 0 aliphatic carbocycles. The van der Waals surface area contributed by atoms with E-state index in [-0.39, 0.29) is 0 Å². The Balaban J connectivity index is 4.17. The van der Waals surface area contributed by atoms with Crippen molar-refractivity contribution in [3.8, 4) is 0 Å². The highest BCUT2D eigenvalue weighted by atomic mass is 31.2. The SMILES string of the molecule is C[C@H](O)[C@H](O)[C@@H](O)C(=O)COP(=O)([O-])[O-]. The van der Waals surface area contributed by atoms with Gasteiger partial charge in [-0.25, -0.2) is 0 Å². The Hall–Kier alpha value is -0.340. The third-order valence-electron chi connectivity index (χ3n) is 1.51. The fraction of sp³-hybridized carbons (Fsp3) is 0.833. The van der Waals surface area contributed by atoms with E-state index in [0.29, 0.717) is 0 Å². The average molecular weight is 242 g/mol. The quantitative estimate of drug-likeness (QED) is 0.406. The Kier molecular flexibility index (Phi) is 5.54. The van der Waals surface area contributed by atoms with Crippen molar-refractivity contribution in [1.82, 2.24) is 0 Å². The largest absolute Gasteiger partial charge is 0.790 e. The molecule has 0 aliphatic rings. The number of Topliss-reactive ketones (excluding diaryl/α,β-unsaturated/α-hetero) is 1. The number of ketones is 1. The third kappa shape index (κ3) is 5.95. The summed E-state index contributed by atoms with van der Waals surface area (Å²) in [7, 11) is -5.29. The van der Waals surface area contributed by atoms with Crippen LogP contribution < -0.4 is 9.79 Å². The molecular formula is C6H11O8P-2. The molecule has 0 bridgehead atoms. The number of aliphatic hydroxyl groups excluding tert-OH is 3. The maximum atomic E-state index is 10.9. The first-order valence-corrected chi connectivity index (χ1v) is 5.34. The van der Waals surface area contributed by atoms with E-state index >= 15 is 0 Å². The van der Waals surface area contributed by atoms with Gasteiger partial charge in [-0.3, -0.25) is 4.79 Å². The van der Waals surface area contributed by atoms with Crippen LogP contribution >= 0.6 is 7.82 Å². The zero-order chi connectivity index (χ0) is 12.2. The van der Waals surface area contributed by atoms with Crippen LogP contribution in [-0.2, 0) is 13.9 Å². The standard InChI is InChI=1S/C6H13O8P/c1-3(7)5(9)6(10)4(8)2-14-15(11,12)13/h3,5-7,9-10H,2H2,1H3,(H2,11,12,13)/p-2/t3-,5-,6-/m0/s1. The van der Waals surface area contributed by atoms with E-state index < -0.39 is 38.5 Å². The zero-order valence-corrected chi connectivity index (χ0v) is 8.66. The van der Waals surface area contributed by atoms with E-state index in [2.05, 4.69) is 4.52 Å². The molecule has 0 saturated carbocycles. The fourth-order valence-corrected chi connectivity index (χ4v) is 0.968. The zero-order valence-electron chi connectivity index (χ0n) is 7.77. The molecule has 3 N–H and O–H groups in total. The molecule has 0 aromatic carbocycles. The van der Waals surface area contributed by atoms with Gasteiger partial charge in [0.05, 0.1) is 13.9 Å². The minimum atomic E-state index is -5.29. The second-order valence-electron chi connectivity index (χ2n) is 2.86. The molecule has 0 aromatic rings. The minimum absolute atomic E-state index is 1.12. The molecule has 0 aliphatic heterocycles. The third-order valence-corrected chi connectivity index (χ3v) is 1.96. The van der Waals surface area contributed by atoms with E-state index in [0.717, 1.165) is 6.92 Å². The van der Waals surface area contributed by atoms with Crippen LogP contribution in [0.1, 0.15) is 6.92 Å². The molecule has 0 heterocycles. The van der Waals surface area contributed by atoms with Crippen molar-refractivity contribution < 1.29 is 39.0 Å². The number of carbonyl (C=O) groups excluding carboxylic acids is 1. The van der Waals surface area contributed by atoms with Crippen LogP contribution in [0.4, 0.5) is 0 Å². The second-order valence-corrected chi connectivity index (χ2v) is 4.02. The van der Waals surface area contributed by atoms with E-state index in [4.69, 9.17) is 15.3 Å². The summed E-state index contributed by atoms with van der Waals surface area (Å²) in [5.41, 5.74) is 0. The van der Waals surface area contributed by atoms with Gasteiger partial charge < -0.3 is 34.2 Å². The van der Waals surface area contributed by atoms with Gasteiger partial charge in [-0.1, -0.05) is 0 Å². The van der Waals surface area contributed by atoms with E-state index in [1.165, 1.54) is 0 Å². The van der Waals surface area contributed by atoms with Gasteiger partial charge in [0.1, 0.15) is 18.8 Å². The van der Waals surface area contributed by atoms with Crippen molar-refractivity contribution in [2.45, 2.75) is 25.2 Å². The van der Waals surface area contributed by atoms with E-state index in [1.807, 2.05) is 0 Å². The number of phosphoric ester groups is 1. The van der Waals surface area contributed by atoms with Gasteiger partial charge in [-0.05, 0) is 6.92 Å². The van der Waals surface area contributed by atoms with Gasteiger partial charge in [0.25, 0.3) is 0 Å². The van der Waals surface area contributed by atoms with Crippen LogP contribution in [0.3, 0.4) is 0 Å². The summed E-state index contributed by atoms with van der Waals surface area (Å²) in [4.78, 5) is 30.8. The van der Waals surface area contributed by atoms with Crippen LogP contribution in [0.15, 0.2) is 0 Å². The Bertz CT molecular complexity index is 258. The second kappa shape index (κ2) is 5.66. The van der Waals surface area contributed by atoms with Crippen LogP contribution in [0.5, 0.6) is 0 Å². The molecule has 0 saturated heterocycles. The monoisotopic (exact) mass is 242 g/mol. The number of rotatable bonds is 6. The normalized spacial score (nSPS) is 18.3. The van der Waals surface area contributed by atoms with Gasteiger partial charge in [0.15, 0.2) is 5.78 Å². The molecule has 90 valence electrons. The van der Waals surface area contributed by atoms with Crippen molar-refractivity contribution in [2.24, 2.45) is 0 Å². The summed E-state index contributed by atoms with van der Waals surface area (Å²) in [6.45, 7) is -0.0522. The number of carbonyl (C=O) groups is 1. The maximum absolute atomic E-state index is 10.9. The van der Waals surface area contributed by atoms with Gasteiger partial charge in [0.2, 0.25) is 0 Å². The maximum Gasteiger partial charge on any atom is 0.189 e. The lowest BCUT2D eigenvalue weighted by Gasteiger charge is -2.29. The molecule has 0 aromatic heterocycles. The van der Waals surface area contributed by atoms with Gasteiger partial charge >= 0.3 is 0 Å². The smallest absolute Gasteiger partial charge is 0.189 e. The number of aliphatic hydroxyl groups is 3. The number of hydrogen-bond donors (Lipinski definition) is 3. The summed E-state index contributed by atoms with van der Waals surface area (Å²) < 4.78 is 13.6. The van der Waals surface area contributed by atoms with Crippen molar-refractivity contribution in [1.29, 1.82) is 0 Å². The predicted molar refractivity (Wildman–Crippen MR) is 42.3 cm³/mol. The summed E-state index contributed by atoms with van der Waals surface area (Å²) in [6, 6.07) is 0. The summed E-state index contributed by atoms with van der Waals surface area (Å²) in [5, 5.41) is 26.8. The highest BCUT2D eigenvalue weighted by molar-refractivity contribution is 7.43. The molecule has 3 atom stereocenters. The molecular weight excluding hydrogens is 231 g/mol. The van der Waals surface area contributed by atoms with E-state index in [1.54, 1.807) is 0 Å². The Labute approximate surface area is 85.4 Å². The Morgan fingerprint density at radius 3 is 2.20 bits per heavy atom. The minimum Gasteiger partial charge on any atom is -0.790 e. The molecule has 15 heavy (non-hydrogen) atoms. The highest BCUT2D eigenvalue weighted by Gasteiger charge is 2.27. The Morgan fingerprint density at radius 1 is 1.40 bits per heavy atom. The molecule has 0 unspecified atom stereocenters. The van der Waals surface area contributed by atoms with Crippen LogP contribution in [-0.4, -0.2) is 46.0 Å². The fourth-order valence-electron chi connectivity index (χ4n) is 0.682. The van der Waals surface area contributed by atoms with Crippen LogP contribution in [0, 0.1) is 0 Å². The summed E-state index contributed by atoms with van der Waals surface area (Å²) in [6.07, 6.45) is -5.15. The lowest BCUT2D eigenvalue weighted by Crippen LogP contribution is -2.42. The van der Waals surface area contributed by atoms with Crippen molar-refractivity contribution in [3.63, 3.8) is 0 Å². The molecule has 0 rings (SSSR count). The number of hydrogen-bond acceptors (Lipinski definition) is 8. The van der Waals surface area contributed by atoms with Crippen LogP contribution in [0.2, 0.25) is 0 Å². The predicted octanol–water partition coefficient (Wildman–Crippen LogP) is -3.50. The lowest BCUT2D eigenvalue weighted by molar-refractivity contribution is -0.341. The topological polar surface area (TPSA) is 150 Å². The van der Waals surface area contributed by atoms with Crippen LogP contribution in [0.25, 0.3) is 0 Å². The first-order chi connectivity index (χ1) is 6.65. The summed E-state index contributed by atoms with van der Waals surface area (Å²) in [5.74, 6) is -1.21. The number of phosphoric acid groups is 1. The van der Waals surface area contributed by atoms with Crippen molar-refractivity contribution in [2.75, 3.05) is 6.61 Å². The Morgan fingerprint density at radius 2 is 1.87 bits per heavy atom. The van der Waals surface area contributed by atoms with Gasteiger partial charge in [-0.15, -0.1) is 0 Å². The molecule has 0 radical (unpaired) electrons. The molecule has 8 nitrogen and oxygen atoms in total. The lowest BCUT2D eigenvalue weighted by atomic mass is 10.1.